The molecule has 0 bridgehead atoms. The second kappa shape index (κ2) is 6.02. The molecule has 0 spiro atoms. The van der Waals surface area contributed by atoms with Crippen LogP contribution in [-0.4, -0.2) is 22.6 Å². The van der Waals surface area contributed by atoms with Gasteiger partial charge in [-0.15, -0.1) is 0 Å². The van der Waals surface area contributed by atoms with Crippen LogP contribution in [0.25, 0.3) is 6.08 Å². The molecule has 1 N–H and O–H groups in total. The Morgan fingerprint density at radius 1 is 1.61 bits per heavy atom. The molecule has 0 saturated heterocycles. The number of halogens is 1. The maximum atomic E-state index is 10.5. The summed E-state index contributed by atoms with van der Waals surface area (Å²) in [6.07, 6.45) is 1.27. The van der Waals surface area contributed by atoms with Crippen LogP contribution in [0.1, 0.15) is 12.5 Å². The quantitative estimate of drug-likeness (QED) is 0.656. The number of carboxylic acids is 1. The van der Waals surface area contributed by atoms with Crippen LogP contribution in [-0.2, 0) is 4.79 Å². The summed E-state index contributed by atoms with van der Waals surface area (Å²) < 4.78 is 5.01. The number of hydrogen-bond acceptors (Lipinski definition) is 4. The monoisotopic (exact) mass is 271 g/mol. The Kier molecular flexibility index (Phi) is 4.67. The lowest BCUT2D eigenvalue weighted by Crippen LogP contribution is -2.10. The average molecular weight is 272 g/mol. The Hall–Kier alpha value is -2.08. The molecule has 0 aliphatic carbocycles. The maximum Gasteiger partial charge on any atom is 0.341 e. The zero-order valence-corrected chi connectivity index (χ0v) is 10.2. The summed E-state index contributed by atoms with van der Waals surface area (Å²) >= 11 is 5.77. The normalized spacial score (nSPS) is 11.1. The van der Waals surface area contributed by atoms with E-state index in [0.717, 1.165) is 0 Å². The topological polar surface area (TPSA) is 89.7 Å². The van der Waals surface area contributed by atoms with Gasteiger partial charge in [-0.1, -0.05) is 11.6 Å². The fraction of sp³-hybridized carbons (Fsp3) is 0.182. The van der Waals surface area contributed by atoms with Gasteiger partial charge in [0.05, 0.1) is 4.92 Å². The molecule has 0 fully saturated rings. The van der Waals surface area contributed by atoms with Crippen LogP contribution in [0.3, 0.4) is 0 Å². The van der Waals surface area contributed by atoms with Crippen molar-refractivity contribution in [2.45, 2.75) is 6.92 Å². The first kappa shape index (κ1) is 14.0. The minimum atomic E-state index is -1.13. The summed E-state index contributed by atoms with van der Waals surface area (Å²) in [7, 11) is 0. The SMILES string of the molecule is C/C(=C\c1cc(Cl)ccc1OCC(=O)O)[N+](=O)[O-]. The predicted octanol–water partition coefficient (Wildman–Crippen LogP) is 2.44. The summed E-state index contributed by atoms with van der Waals surface area (Å²) in [5, 5.41) is 19.4. The first-order valence-electron chi connectivity index (χ1n) is 4.87. The third-order valence-electron chi connectivity index (χ3n) is 1.98. The van der Waals surface area contributed by atoms with E-state index in [0.29, 0.717) is 10.6 Å². The number of benzene rings is 1. The third-order valence-corrected chi connectivity index (χ3v) is 2.21. The molecule has 0 amide bonds. The Morgan fingerprint density at radius 3 is 2.83 bits per heavy atom. The summed E-state index contributed by atoms with van der Waals surface area (Å²) in [4.78, 5) is 20.4. The summed E-state index contributed by atoms with van der Waals surface area (Å²) in [5.41, 5.74) is 0.260. The largest absolute Gasteiger partial charge is 0.481 e. The lowest BCUT2D eigenvalue weighted by atomic mass is 10.1. The number of carbonyl (C=O) groups is 1. The molecule has 1 rings (SSSR count). The fourth-order valence-electron chi connectivity index (χ4n) is 1.18. The molecule has 0 aliphatic rings. The number of nitro groups is 1. The molecule has 6 nitrogen and oxygen atoms in total. The highest BCUT2D eigenvalue weighted by atomic mass is 35.5. The van der Waals surface area contributed by atoms with Crippen molar-refractivity contribution in [3.63, 3.8) is 0 Å². The molecule has 0 radical (unpaired) electrons. The van der Waals surface area contributed by atoms with Gasteiger partial charge in [-0.2, -0.15) is 0 Å². The standard InChI is InChI=1S/C11H10ClNO5/c1-7(13(16)17)4-8-5-9(12)2-3-10(8)18-6-11(14)15/h2-5H,6H2,1H3,(H,14,15)/b7-4+. The van der Waals surface area contributed by atoms with E-state index < -0.39 is 17.5 Å². The molecule has 18 heavy (non-hydrogen) atoms. The highest BCUT2D eigenvalue weighted by molar-refractivity contribution is 6.30. The van der Waals surface area contributed by atoms with E-state index in [1.165, 1.54) is 31.2 Å². The smallest absolute Gasteiger partial charge is 0.341 e. The second-order valence-electron chi connectivity index (χ2n) is 3.41. The van der Waals surface area contributed by atoms with E-state index in [1.807, 2.05) is 0 Å². The average Bonchev–Trinajstić information content (AvgIpc) is 2.27. The van der Waals surface area contributed by atoms with Gasteiger partial charge in [0.15, 0.2) is 6.61 Å². The van der Waals surface area contributed by atoms with Crippen molar-refractivity contribution < 1.29 is 19.6 Å². The van der Waals surface area contributed by atoms with E-state index in [1.54, 1.807) is 0 Å². The van der Waals surface area contributed by atoms with Gasteiger partial charge in [-0.05, 0) is 18.2 Å². The lowest BCUT2D eigenvalue weighted by Gasteiger charge is -2.07. The molecule has 0 aliphatic heterocycles. The van der Waals surface area contributed by atoms with Crippen molar-refractivity contribution >= 4 is 23.6 Å². The fourth-order valence-corrected chi connectivity index (χ4v) is 1.36. The molecular weight excluding hydrogens is 262 g/mol. The first-order valence-corrected chi connectivity index (χ1v) is 5.25. The van der Waals surface area contributed by atoms with E-state index in [-0.39, 0.29) is 11.4 Å². The van der Waals surface area contributed by atoms with Crippen molar-refractivity contribution in [1.82, 2.24) is 0 Å². The second-order valence-corrected chi connectivity index (χ2v) is 3.84. The Labute approximate surface area is 108 Å². The summed E-state index contributed by atoms with van der Waals surface area (Å²) in [6, 6.07) is 4.44. The molecule has 0 saturated carbocycles. The van der Waals surface area contributed by atoms with Gasteiger partial charge in [-0.3, -0.25) is 10.1 Å². The van der Waals surface area contributed by atoms with Crippen LogP contribution in [0.5, 0.6) is 5.75 Å². The van der Waals surface area contributed by atoms with Crippen LogP contribution in [0, 0.1) is 10.1 Å². The zero-order chi connectivity index (χ0) is 13.7. The number of hydrogen-bond donors (Lipinski definition) is 1. The first-order chi connectivity index (χ1) is 8.40. The predicted molar refractivity (Wildman–Crippen MR) is 65.2 cm³/mol. The molecule has 0 heterocycles. The number of ether oxygens (including phenoxy) is 1. The number of rotatable bonds is 5. The molecular formula is C11H10ClNO5. The van der Waals surface area contributed by atoms with Gasteiger partial charge in [0.25, 0.3) is 0 Å². The van der Waals surface area contributed by atoms with Crippen LogP contribution in [0.15, 0.2) is 23.9 Å². The van der Waals surface area contributed by atoms with E-state index in [9.17, 15) is 14.9 Å². The molecule has 0 unspecified atom stereocenters. The Balaban J connectivity index is 3.07. The molecule has 1 aromatic rings. The van der Waals surface area contributed by atoms with Crippen molar-refractivity contribution in [3.05, 3.63) is 44.6 Å². The highest BCUT2D eigenvalue weighted by Crippen LogP contribution is 2.25. The number of carboxylic acid groups (broad SMARTS) is 1. The molecule has 1 aromatic carbocycles. The van der Waals surface area contributed by atoms with E-state index in [2.05, 4.69) is 0 Å². The summed E-state index contributed by atoms with van der Waals surface area (Å²) in [6.45, 7) is 0.794. The minimum absolute atomic E-state index is 0.0996. The molecule has 96 valence electrons. The molecule has 0 atom stereocenters. The van der Waals surface area contributed by atoms with Crippen LogP contribution in [0.4, 0.5) is 0 Å². The van der Waals surface area contributed by atoms with Gasteiger partial charge >= 0.3 is 5.97 Å². The minimum Gasteiger partial charge on any atom is -0.481 e. The van der Waals surface area contributed by atoms with Crippen molar-refractivity contribution in [2.24, 2.45) is 0 Å². The van der Waals surface area contributed by atoms with Gasteiger partial charge in [0, 0.05) is 23.6 Å². The number of nitrogens with zero attached hydrogens (tertiary/aromatic N) is 1. The number of allylic oxidation sites excluding steroid dienone is 1. The van der Waals surface area contributed by atoms with Gasteiger partial charge in [0.2, 0.25) is 5.70 Å². The molecule has 7 heteroatoms. The third kappa shape index (κ3) is 4.06. The van der Waals surface area contributed by atoms with Crippen molar-refractivity contribution in [1.29, 1.82) is 0 Å². The van der Waals surface area contributed by atoms with Gasteiger partial charge < -0.3 is 9.84 Å². The highest BCUT2D eigenvalue weighted by Gasteiger charge is 2.09. The number of aliphatic carboxylic acids is 1. The van der Waals surface area contributed by atoms with Gasteiger partial charge in [0.1, 0.15) is 5.75 Å². The zero-order valence-electron chi connectivity index (χ0n) is 9.42. The lowest BCUT2D eigenvalue weighted by molar-refractivity contribution is -0.422. The Morgan fingerprint density at radius 2 is 2.28 bits per heavy atom. The summed E-state index contributed by atoms with van der Waals surface area (Å²) in [5.74, 6) is -0.908. The van der Waals surface area contributed by atoms with Crippen LogP contribution < -0.4 is 4.74 Å². The maximum absolute atomic E-state index is 10.5. The Bertz CT molecular complexity index is 512. The van der Waals surface area contributed by atoms with Crippen molar-refractivity contribution in [3.8, 4) is 5.75 Å². The van der Waals surface area contributed by atoms with Crippen LogP contribution >= 0.6 is 11.6 Å². The van der Waals surface area contributed by atoms with E-state index >= 15 is 0 Å². The van der Waals surface area contributed by atoms with E-state index in [4.69, 9.17) is 21.4 Å². The van der Waals surface area contributed by atoms with Crippen molar-refractivity contribution in [2.75, 3.05) is 6.61 Å². The van der Waals surface area contributed by atoms with Gasteiger partial charge in [-0.25, -0.2) is 4.79 Å². The molecule has 0 aromatic heterocycles. The van der Waals surface area contributed by atoms with Crippen LogP contribution in [0.2, 0.25) is 5.02 Å².